The van der Waals surface area contributed by atoms with Gasteiger partial charge in [0.15, 0.2) is 0 Å². The average molecular weight is 1010 g/mol. The number of nitrogens with zero attached hydrogens (tertiary/aromatic N) is 1. The molecule has 2 N–H and O–H groups in total. The first kappa shape index (κ1) is 46.7. The monoisotopic (exact) mass is 1010 g/mol. The van der Waals surface area contributed by atoms with E-state index < -0.39 is 0 Å². The maximum atomic E-state index is 4.17. The molecule has 5 heteroatoms. The maximum Gasteiger partial charge on any atom is 0.251 e. The van der Waals surface area contributed by atoms with Crippen molar-refractivity contribution in [3.63, 3.8) is 0 Å². The molecular formula is C74H55B2N3. The van der Waals surface area contributed by atoms with Gasteiger partial charge in [-0.1, -0.05) is 262 Å². The van der Waals surface area contributed by atoms with Gasteiger partial charge in [0.2, 0.25) is 0 Å². The predicted octanol–water partition coefficient (Wildman–Crippen LogP) is 15.1. The van der Waals surface area contributed by atoms with Gasteiger partial charge in [0.1, 0.15) is 11.6 Å². The molecule has 2 aromatic heterocycles. The lowest BCUT2D eigenvalue weighted by Crippen LogP contribution is -2.65. The average Bonchev–Trinajstić information content (AvgIpc) is 3.63. The zero-order valence-corrected chi connectivity index (χ0v) is 44.5. The third kappa shape index (κ3) is 7.67. The van der Waals surface area contributed by atoms with Gasteiger partial charge >= 0.3 is 0 Å². The maximum absolute atomic E-state index is 4.17. The quantitative estimate of drug-likeness (QED) is 0.146. The fourth-order valence-corrected chi connectivity index (χ4v) is 13.2. The fourth-order valence-electron chi connectivity index (χ4n) is 13.2. The van der Waals surface area contributed by atoms with E-state index in [4.69, 9.17) is 0 Å². The summed E-state index contributed by atoms with van der Waals surface area (Å²) in [4.78, 5) is 10.9. The Kier molecular flexibility index (Phi) is 11.0. The molecule has 2 aliphatic heterocycles. The Morgan fingerprint density at radius 3 is 0.911 bits per heavy atom. The van der Waals surface area contributed by atoms with Crippen molar-refractivity contribution in [2.45, 2.75) is 26.2 Å². The molecule has 0 atom stereocenters. The van der Waals surface area contributed by atoms with Gasteiger partial charge in [-0.3, -0.25) is 4.90 Å². The first-order valence-corrected chi connectivity index (χ1v) is 27.7. The van der Waals surface area contributed by atoms with E-state index in [0.29, 0.717) is 0 Å². The summed E-state index contributed by atoms with van der Waals surface area (Å²) in [5.74, 6) is 2.18. The Hall–Kier alpha value is -9.57. The largest absolute Gasteiger partial charge is 0.341 e. The van der Waals surface area contributed by atoms with Crippen LogP contribution < -0.4 is 37.7 Å². The summed E-state index contributed by atoms with van der Waals surface area (Å²) in [7, 11) is 0. The molecule has 0 unspecified atom stereocenters. The molecular weight excluding hydrogens is 952 g/mol. The second-order valence-electron chi connectivity index (χ2n) is 22.5. The van der Waals surface area contributed by atoms with Gasteiger partial charge in [0, 0.05) is 16.7 Å². The van der Waals surface area contributed by atoms with Crippen molar-refractivity contribution in [2.75, 3.05) is 4.90 Å². The number of hydrogen-bond donors (Lipinski definition) is 2. The Morgan fingerprint density at radius 2 is 0.595 bits per heavy atom. The van der Waals surface area contributed by atoms with Gasteiger partial charge in [0.05, 0.1) is 0 Å². The molecule has 0 amide bonds. The summed E-state index contributed by atoms with van der Waals surface area (Å²) in [6, 6.07) is 99.4. The summed E-state index contributed by atoms with van der Waals surface area (Å²) in [6.07, 6.45) is 0. The van der Waals surface area contributed by atoms with Crippen molar-refractivity contribution in [3.8, 4) is 66.8 Å². The van der Waals surface area contributed by atoms with Gasteiger partial charge < -0.3 is 9.97 Å². The number of H-pyrrole nitrogens is 2. The van der Waals surface area contributed by atoms with Crippen molar-refractivity contribution >= 4 is 85.3 Å². The molecule has 0 fully saturated rings. The van der Waals surface area contributed by atoms with E-state index in [0.717, 1.165) is 22.7 Å². The number of nitrogens with one attached hydrogen (secondary N) is 2. The third-order valence-corrected chi connectivity index (χ3v) is 16.8. The zero-order valence-electron chi connectivity index (χ0n) is 44.5. The number of para-hydroxylation sites is 2. The molecule has 13 aromatic rings. The first-order valence-electron chi connectivity index (χ1n) is 27.7. The number of fused-ring (bicyclic) bond motifs is 8. The Labute approximate surface area is 463 Å². The lowest BCUT2D eigenvalue weighted by molar-refractivity contribution is 0.591. The highest BCUT2D eigenvalue weighted by atomic mass is 15.3. The molecule has 0 aliphatic carbocycles. The van der Waals surface area contributed by atoms with Crippen LogP contribution in [0.15, 0.2) is 267 Å². The highest BCUT2D eigenvalue weighted by Crippen LogP contribution is 2.44. The Morgan fingerprint density at radius 1 is 0.304 bits per heavy atom. The summed E-state index contributed by atoms with van der Waals surface area (Å²) in [6.45, 7) is 6.73. The second-order valence-corrected chi connectivity index (χ2v) is 22.5. The number of rotatable bonds is 8. The standard InChI is InChI=1S/C74H55B2N3/c1-74(2,3)56-46-63-71-64(47-56)76(68-61(52-34-18-8-19-35-52)44-55(49-28-12-5-13-29-49)45-62(68)53-36-20-9-21-37-53)70-58-39-23-25-41-66(58)78-73(70)79(71)72-69(57-38-22-24-40-65(57)77-72)75(63)67-59(50-30-14-6-15-31-50)42-54(48-26-10-4-11-27-48)43-60(67)51-32-16-7-17-33-51/h4-47,77-78H,1-3H3. The minimum Gasteiger partial charge on any atom is -0.341 e. The van der Waals surface area contributed by atoms with Crippen molar-refractivity contribution in [1.82, 2.24) is 9.97 Å². The molecule has 0 saturated heterocycles. The summed E-state index contributed by atoms with van der Waals surface area (Å²) in [5, 5.41) is 2.44. The van der Waals surface area contributed by atoms with Crippen molar-refractivity contribution < 1.29 is 0 Å². The lowest BCUT2D eigenvalue weighted by Gasteiger charge is -2.43. The third-order valence-electron chi connectivity index (χ3n) is 16.8. The van der Waals surface area contributed by atoms with E-state index in [1.54, 1.807) is 0 Å². The van der Waals surface area contributed by atoms with Crippen molar-refractivity contribution in [1.29, 1.82) is 0 Å². The molecule has 0 saturated carbocycles. The zero-order chi connectivity index (χ0) is 52.8. The van der Waals surface area contributed by atoms with Crippen LogP contribution in [0.5, 0.6) is 0 Å². The minimum absolute atomic E-state index is 0.220. The van der Waals surface area contributed by atoms with Crippen molar-refractivity contribution in [2.24, 2.45) is 0 Å². The number of aromatic amines is 2. The highest BCUT2D eigenvalue weighted by Gasteiger charge is 2.49. The van der Waals surface area contributed by atoms with Gasteiger partial charge in [0.25, 0.3) is 13.4 Å². The van der Waals surface area contributed by atoms with Crippen LogP contribution in [0.3, 0.4) is 0 Å². The summed E-state index contributed by atoms with van der Waals surface area (Å²) in [5.41, 5.74) is 26.6. The number of hydrogen-bond acceptors (Lipinski definition) is 1. The fraction of sp³-hybridized carbons (Fsp3) is 0.0541. The number of aromatic nitrogens is 2. The molecule has 79 heavy (non-hydrogen) atoms. The van der Waals surface area contributed by atoms with E-state index in [9.17, 15) is 0 Å². The van der Waals surface area contributed by atoms with Crippen LogP contribution in [-0.4, -0.2) is 23.4 Å². The predicted molar refractivity (Wildman–Crippen MR) is 338 cm³/mol. The van der Waals surface area contributed by atoms with E-state index >= 15 is 0 Å². The normalized spacial score (nSPS) is 12.7. The summed E-state index contributed by atoms with van der Waals surface area (Å²) < 4.78 is 0. The van der Waals surface area contributed by atoms with Crippen LogP contribution >= 0.6 is 0 Å². The Balaban J connectivity index is 1.14. The molecule has 0 spiro atoms. The van der Waals surface area contributed by atoms with Crippen LogP contribution in [0, 0.1) is 0 Å². The van der Waals surface area contributed by atoms with E-state index in [2.05, 4.69) is 303 Å². The van der Waals surface area contributed by atoms with Crippen LogP contribution in [0.4, 0.5) is 17.3 Å². The molecule has 2 aliphatic rings. The molecule has 11 aromatic carbocycles. The molecule has 372 valence electrons. The minimum atomic E-state index is -0.226. The van der Waals surface area contributed by atoms with Crippen molar-refractivity contribution in [3.05, 3.63) is 272 Å². The van der Waals surface area contributed by atoms with Crippen LogP contribution in [0.2, 0.25) is 0 Å². The van der Waals surface area contributed by atoms with E-state index in [-0.39, 0.29) is 18.8 Å². The van der Waals surface area contributed by atoms with E-state index in [1.807, 2.05) is 0 Å². The molecule has 0 radical (unpaired) electrons. The molecule has 0 bridgehead atoms. The van der Waals surface area contributed by atoms with Gasteiger partial charge in [-0.05, 0) is 147 Å². The highest BCUT2D eigenvalue weighted by molar-refractivity contribution is 7.05. The topological polar surface area (TPSA) is 34.8 Å². The lowest BCUT2D eigenvalue weighted by atomic mass is 9.29. The molecule has 4 heterocycles. The smallest absolute Gasteiger partial charge is 0.251 e. The number of benzene rings is 11. The van der Waals surface area contributed by atoms with Gasteiger partial charge in [-0.2, -0.15) is 0 Å². The Bertz CT molecular complexity index is 4050. The SMILES string of the molecule is CC(C)(C)c1cc2c3c(c1)B(c1c(-c4ccccc4)cc(-c4ccccc4)cc1-c1ccccc1)c1c([nH]c4ccccc14)N3c1[nH]c3ccccc3c1B2c1c(-c2ccccc2)cc(-c2ccccc2)cc1-c1ccccc1. The van der Waals surface area contributed by atoms with E-state index in [1.165, 1.54) is 122 Å². The second kappa shape index (κ2) is 18.6. The van der Waals surface area contributed by atoms with Crippen LogP contribution in [0.1, 0.15) is 26.3 Å². The van der Waals surface area contributed by atoms with Gasteiger partial charge in [-0.25, -0.2) is 0 Å². The van der Waals surface area contributed by atoms with Crippen LogP contribution in [0.25, 0.3) is 88.6 Å². The summed E-state index contributed by atoms with van der Waals surface area (Å²) >= 11 is 0. The molecule has 15 rings (SSSR count). The van der Waals surface area contributed by atoms with Crippen LogP contribution in [-0.2, 0) is 5.41 Å². The number of anilines is 3. The molecule has 3 nitrogen and oxygen atoms in total. The first-order chi connectivity index (χ1) is 38.9. The van der Waals surface area contributed by atoms with Gasteiger partial charge in [-0.15, -0.1) is 0 Å².